The number of nitrogens with zero attached hydrogens (tertiary/aromatic N) is 2. The van der Waals surface area contributed by atoms with Gasteiger partial charge in [-0.2, -0.15) is 5.10 Å². The number of aromatic nitrogens is 2. The summed E-state index contributed by atoms with van der Waals surface area (Å²) in [5.41, 5.74) is 8.06. The zero-order valence-corrected chi connectivity index (χ0v) is 12.4. The lowest BCUT2D eigenvalue weighted by Gasteiger charge is -2.34. The standard InChI is InChI=1S/C16H23N3O/c1-4-16(3,20-5-2)15(17)14-11-12-18-19(14)13-9-7-6-8-10-13/h6-12,15H,4-5,17H2,1-3H3. The van der Waals surface area contributed by atoms with Crippen molar-refractivity contribution in [1.82, 2.24) is 9.78 Å². The minimum absolute atomic E-state index is 0.227. The van der Waals surface area contributed by atoms with Gasteiger partial charge in [0.15, 0.2) is 0 Å². The van der Waals surface area contributed by atoms with Gasteiger partial charge < -0.3 is 10.5 Å². The predicted octanol–water partition coefficient (Wildman–Crippen LogP) is 3.08. The largest absolute Gasteiger partial charge is 0.374 e. The molecular formula is C16H23N3O. The normalized spacial score (nSPS) is 15.8. The van der Waals surface area contributed by atoms with E-state index in [0.717, 1.165) is 17.8 Å². The first kappa shape index (κ1) is 14.8. The fraction of sp³-hybridized carbons (Fsp3) is 0.438. The van der Waals surface area contributed by atoms with Gasteiger partial charge in [-0.05, 0) is 38.5 Å². The Hall–Kier alpha value is -1.65. The smallest absolute Gasteiger partial charge is 0.0858 e. The first-order valence-corrected chi connectivity index (χ1v) is 7.11. The van der Waals surface area contributed by atoms with E-state index in [1.165, 1.54) is 0 Å². The lowest BCUT2D eigenvalue weighted by atomic mass is 9.91. The molecular weight excluding hydrogens is 250 g/mol. The summed E-state index contributed by atoms with van der Waals surface area (Å²) in [6.07, 6.45) is 2.63. The van der Waals surface area contributed by atoms with E-state index in [9.17, 15) is 0 Å². The molecule has 0 radical (unpaired) electrons. The summed E-state index contributed by atoms with van der Waals surface area (Å²) in [4.78, 5) is 0. The van der Waals surface area contributed by atoms with E-state index in [1.807, 2.05) is 48.0 Å². The zero-order valence-electron chi connectivity index (χ0n) is 12.4. The zero-order chi connectivity index (χ0) is 14.6. The molecule has 0 spiro atoms. The van der Waals surface area contributed by atoms with Crippen molar-refractivity contribution in [3.63, 3.8) is 0 Å². The van der Waals surface area contributed by atoms with Crippen molar-refractivity contribution < 1.29 is 4.74 Å². The highest BCUT2D eigenvalue weighted by Gasteiger charge is 2.33. The fourth-order valence-electron chi connectivity index (χ4n) is 2.39. The summed E-state index contributed by atoms with van der Waals surface area (Å²) >= 11 is 0. The second-order valence-corrected chi connectivity index (χ2v) is 5.08. The molecule has 2 unspecified atom stereocenters. The molecule has 2 atom stereocenters. The quantitative estimate of drug-likeness (QED) is 0.880. The van der Waals surface area contributed by atoms with Gasteiger partial charge in [-0.3, -0.25) is 0 Å². The van der Waals surface area contributed by atoms with E-state index in [4.69, 9.17) is 10.5 Å². The highest BCUT2D eigenvalue weighted by molar-refractivity contribution is 5.33. The van der Waals surface area contributed by atoms with Crippen molar-refractivity contribution in [2.24, 2.45) is 5.73 Å². The van der Waals surface area contributed by atoms with Gasteiger partial charge in [-0.15, -0.1) is 0 Å². The molecule has 0 aliphatic carbocycles. The van der Waals surface area contributed by atoms with Crippen molar-refractivity contribution in [3.05, 3.63) is 48.3 Å². The Morgan fingerprint density at radius 3 is 2.55 bits per heavy atom. The Balaban J connectivity index is 2.37. The molecule has 2 rings (SSSR count). The Bertz CT molecular complexity index is 538. The molecule has 1 aromatic carbocycles. The number of ether oxygens (including phenoxy) is 1. The third kappa shape index (κ3) is 2.76. The molecule has 0 bridgehead atoms. The van der Waals surface area contributed by atoms with Crippen molar-refractivity contribution >= 4 is 0 Å². The molecule has 0 aliphatic rings. The van der Waals surface area contributed by atoms with Crippen molar-refractivity contribution in [1.29, 1.82) is 0 Å². The van der Waals surface area contributed by atoms with Gasteiger partial charge >= 0.3 is 0 Å². The second-order valence-electron chi connectivity index (χ2n) is 5.08. The molecule has 20 heavy (non-hydrogen) atoms. The van der Waals surface area contributed by atoms with Crippen LogP contribution in [0.25, 0.3) is 5.69 Å². The van der Waals surface area contributed by atoms with Crippen molar-refractivity contribution in [2.75, 3.05) is 6.61 Å². The number of para-hydroxylation sites is 1. The van der Waals surface area contributed by atoms with Gasteiger partial charge in [0.2, 0.25) is 0 Å². The van der Waals surface area contributed by atoms with Crippen molar-refractivity contribution in [3.8, 4) is 5.69 Å². The highest BCUT2D eigenvalue weighted by atomic mass is 16.5. The fourth-order valence-corrected chi connectivity index (χ4v) is 2.39. The molecule has 4 heteroatoms. The maximum Gasteiger partial charge on any atom is 0.0858 e. The third-order valence-corrected chi connectivity index (χ3v) is 3.83. The Morgan fingerprint density at radius 1 is 1.25 bits per heavy atom. The van der Waals surface area contributed by atoms with Crippen LogP contribution in [0.4, 0.5) is 0 Å². The monoisotopic (exact) mass is 273 g/mol. The van der Waals surface area contributed by atoms with Crippen LogP contribution in [0.3, 0.4) is 0 Å². The minimum atomic E-state index is -0.388. The van der Waals surface area contributed by atoms with Crippen molar-refractivity contribution in [2.45, 2.75) is 38.8 Å². The first-order chi connectivity index (χ1) is 9.62. The molecule has 0 fully saturated rings. The average molecular weight is 273 g/mol. The summed E-state index contributed by atoms with van der Waals surface area (Å²) in [5.74, 6) is 0. The molecule has 1 aromatic heterocycles. The molecule has 0 aliphatic heterocycles. The molecule has 108 valence electrons. The van der Waals surface area contributed by atoms with Crippen LogP contribution in [0, 0.1) is 0 Å². The molecule has 0 amide bonds. The molecule has 0 saturated carbocycles. The predicted molar refractivity (Wildman–Crippen MR) is 80.8 cm³/mol. The number of nitrogens with two attached hydrogens (primary N) is 1. The SMILES string of the molecule is CCOC(C)(CC)C(N)c1ccnn1-c1ccccc1. The minimum Gasteiger partial charge on any atom is -0.374 e. The maximum absolute atomic E-state index is 6.47. The number of rotatable bonds is 6. The Labute approximate surface area is 120 Å². The lowest BCUT2D eigenvalue weighted by molar-refractivity contribution is -0.0485. The van der Waals surface area contributed by atoms with Gasteiger partial charge in [0.1, 0.15) is 0 Å². The number of hydrogen-bond acceptors (Lipinski definition) is 3. The van der Waals surface area contributed by atoms with Gasteiger partial charge in [-0.1, -0.05) is 25.1 Å². The summed E-state index contributed by atoms with van der Waals surface area (Å²) in [6, 6.07) is 11.8. The molecule has 4 nitrogen and oxygen atoms in total. The Kier molecular flexibility index (Phi) is 4.57. The van der Waals surface area contributed by atoms with Crippen LogP contribution in [0.5, 0.6) is 0 Å². The van der Waals surface area contributed by atoms with Crippen LogP contribution in [-0.2, 0) is 4.74 Å². The van der Waals surface area contributed by atoms with E-state index < -0.39 is 0 Å². The lowest BCUT2D eigenvalue weighted by Crippen LogP contribution is -2.41. The number of benzene rings is 1. The van der Waals surface area contributed by atoms with Gasteiger partial charge in [0, 0.05) is 12.8 Å². The summed E-state index contributed by atoms with van der Waals surface area (Å²) in [6.45, 7) is 6.80. The third-order valence-electron chi connectivity index (χ3n) is 3.83. The van der Waals surface area contributed by atoms with Crippen LogP contribution < -0.4 is 5.73 Å². The number of hydrogen-bond donors (Lipinski definition) is 1. The Morgan fingerprint density at radius 2 is 1.95 bits per heavy atom. The van der Waals surface area contributed by atoms with Crippen LogP contribution in [-0.4, -0.2) is 22.0 Å². The molecule has 0 saturated heterocycles. The molecule has 1 heterocycles. The summed E-state index contributed by atoms with van der Waals surface area (Å²) in [7, 11) is 0. The van der Waals surface area contributed by atoms with Gasteiger partial charge in [0.25, 0.3) is 0 Å². The topological polar surface area (TPSA) is 53.1 Å². The van der Waals surface area contributed by atoms with E-state index >= 15 is 0 Å². The van der Waals surface area contributed by atoms with Crippen LogP contribution in [0.15, 0.2) is 42.6 Å². The van der Waals surface area contributed by atoms with Gasteiger partial charge in [0.05, 0.1) is 23.0 Å². The summed E-state index contributed by atoms with van der Waals surface area (Å²) in [5, 5.41) is 4.40. The summed E-state index contributed by atoms with van der Waals surface area (Å²) < 4.78 is 7.78. The first-order valence-electron chi connectivity index (χ1n) is 7.11. The van der Waals surface area contributed by atoms with E-state index in [1.54, 1.807) is 6.20 Å². The van der Waals surface area contributed by atoms with Crippen LogP contribution >= 0.6 is 0 Å². The van der Waals surface area contributed by atoms with Crippen LogP contribution in [0.1, 0.15) is 38.9 Å². The molecule has 2 aromatic rings. The molecule has 2 N–H and O–H groups in total. The van der Waals surface area contributed by atoms with E-state index in [0.29, 0.717) is 6.61 Å². The average Bonchev–Trinajstić information content (AvgIpc) is 2.96. The van der Waals surface area contributed by atoms with Crippen LogP contribution in [0.2, 0.25) is 0 Å². The highest BCUT2D eigenvalue weighted by Crippen LogP contribution is 2.31. The van der Waals surface area contributed by atoms with Gasteiger partial charge in [-0.25, -0.2) is 4.68 Å². The second kappa shape index (κ2) is 6.20. The maximum atomic E-state index is 6.47. The van der Waals surface area contributed by atoms with E-state index in [-0.39, 0.29) is 11.6 Å². The van der Waals surface area contributed by atoms with E-state index in [2.05, 4.69) is 18.9 Å².